The first kappa shape index (κ1) is 24.7. The number of nitrogens with two attached hydrogens (primary N) is 1. The second-order valence-corrected chi connectivity index (χ2v) is 7.59. The fraction of sp³-hybridized carbons (Fsp3) is 0.250. The van der Waals surface area contributed by atoms with Crippen molar-refractivity contribution in [3.05, 3.63) is 58.8 Å². The first-order valence-corrected chi connectivity index (χ1v) is 10.2. The minimum absolute atomic E-state index is 0.0250. The number of aromatic nitrogens is 4. The van der Waals surface area contributed by atoms with Gasteiger partial charge in [-0.15, -0.1) is 0 Å². The van der Waals surface area contributed by atoms with Gasteiger partial charge in [-0.1, -0.05) is 4.68 Å². The van der Waals surface area contributed by atoms with Crippen LogP contribution in [0.2, 0.25) is 0 Å². The van der Waals surface area contributed by atoms with E-state index in [4.69, 9.17) is 5.73 Å². The third-order valence-electron chi connectivity index (χ3n) is 5.05. The van der Waals surface area contributed by atoms with E-state index in [1.54, 1.807) is 7.05 Å². The van der Waals surface area contributed by atoms with Gasteiger partial charge >= 0.3 is 17.9 Å². The van der Waals surface area contributed by atoms with Crippen LogP contribution in [0.1, 0.15) is 16.9 Å². The number of nitrogens with zero attached hydrogens (tertiary/aromatic N) is 7. The van der Waals surface area contributed by atoms with Gasteiger partial charge in [0.25, 0.3) is 5.91 Å². The fourth-order valence-electron chi connectivity index (χ4n) is 3.09. The maximum atomic E-state index is 12.8. The molecule has 4 amide bonds. The zero-order chi connectivity index (χ0) is 25.9. The molecule has 0 radical (unpaired) electrons. The Balaban J connectivity index is 1.68. The summed E-state index contributed by atoms with van der Waals surface area (Å²) in [6.45, 7) is 0.151. The van der Waals surface area contributed by atoms with Gasteiger partial charge in [-0.2, -0.15) is 0 Å². The molecule has 15 nitrogen and oxygen atoms in total. The van der Waals surface area contributed by atoms with E-state index < -0.39 is 34.6 Å². The summed E-state index contributed by atoms with van der Waals surface area (Å²) >= 11 is 0. The summed E-state index contributed by atoms with van der Waals surface area (Å²) in [5.74, 6) is -1.49. The van der Waals surface area contributed by atoms with Crippen LogP contribution in [0.15, 0.2) is 43.0 Å². The third-order valence-corrected chi connectivity index (χ3v) is 5.05. The zero-order valence-electron chi connectivity index (χ0n) is 19.1. The largest absolute Gasteiger partial charge is 0.390 e. The summed E-state index contributed by atoms with van der Waals surface area (Å²) in [7, 11) is 4.57. The van der Waals surface area contributed by atoms with Gasteiger partial charge < -0.3 is 30.6 Å². The van der Waals surface area contributed by atoms with E-state index in [9.17, 15) is 29.3 Å². The van der Waals surface area contributed by atoms with Crippen molar-refractivity contribution in [3.63, 3.8) is 0 Å². The lowest BCUT2D eigenvalue weighted by atomic mass is 10.3. The number of rotatable bonds is 7. The average molecular weight is 485 g/mol. The van der Waals surface area contributed by atoms with Crippen LogP contribution in [-0.4, -0.2) is 73.3 Å². The second kappa shape index (κ2) is 9.90. The molecule has 184 valence electrons. The summed E-state index contributed by atoms with van der Waals surface area (Å²) in [5.41, 5.74) is 6.01. The molecule has 3 N–H and O–H groups in total. The number of amides is 4. The lowest BCUT2D eigenvalue weighted by Gasteiger charge is -2.16. The van der Waals surface area contributed by atoms with Gasteiger partial charge in [0.2, 0.25) is 5.91 Å². The highest BCUT2D eigenvalue weighted by Crippen LogP contribution is 2.20. The van der Waals surface area contributed by atoms with Crippen LogP contribution < -0.4 is 16.0 Å². The molecule has 0 aliphatic carbocycles. The van der Waals surface area contributed by atoms with Crippen LogP contribution in [0, 0.1) is 10.1 Å². The number of hydrogen-bond donors (Lipinski definition) is 2. The number of nitrogens with one attached hydrogen (secondary N) is 1. The summed E-state index contributed by atoms with van der Waals surface area (Å²) in [6.07, 6.45) is 5.62. The van der Waals surface area contributed by atoms with Crippen LogP contribution in [0.25, 0.3) is 0 Å². The highest BCUT2D eigenvalue weighted by Gasteiger charge is 2.23. The van der Waals surface area contributed by atoms with Crippen LogP contribution in [0.4, 0.5) is 26.8 Å². The smallest absolute Gasteiger partial charge is 0.370 e. The van der Waals surface area contributed by atoms with Crippen molar-refractivity contribution >= 4 is 41.1 Å². The second-order valence-electron chi connectivity index (χ2n) is 7.59. The number of aryl methyl sites for hydroxylation is 1. The van der Waals surface area contributed by atoms with Crippen molar-refractivity contribution in [2.45, 2.75) is 6.42 Å². The van der Waals surface area contributed by atoms with Crippen molar-refractivity contribution in [3.8, 4) is 0 Å². The minimum atomic E-state index is -0.714. The lowest BCUT2D eigenvalue weighted by Crippen LogP contribution is -2.33. The molecule has 35 heavy (non-hydrogen) atoms. The van der Waals surface area contributed by atoms with Gasteiger partial charge in [-0.3, -0.25) is 19.1 Å². The molecule has 3 aromatic rings. The van der Waals surface area contributed by atoms with E-state index in [2.05, 4.69) is 10.4 Å². The molecule has 0 unspecified atom stereocenters. The van der Waals surface area contributed by atoms with Crippen molar-refractivity contribution in [1.29, 1.82) is 0 Å². The molecule has 0 aliphatic rings. The summed E-state index contributed by atoms with van der Waals surface area (Å²) in [6, 6.07) is 3.02. The molecular formula is C20H23N9O6. The molecular weight excluding hydrogens is 462 g/mol. The van der Waals surface area contributed by atoms with Crippen LogP contribution in [0.5, 0.6) is 0 Å². The standard InChI is InChI=1S/C20H23N9O6/c1-24(7-5-16(21)30)19(32)27-8-4-13(11-27)22-18(31)15-10-14(12-25(15)2)26(3)20(33)28-9-6-17(23-28)29(34)35/h4,6,8-12H,5,7H2,1-3H3,(H2,21,30)(H,22,31). The highest BCUT2D eigenvalue weighted by molar-refractivity contribution is 6.05. The lowest BCUT2D eigenvalue weighted by molar-refractivity contribution is -0.389. The van der Waals surface area contributed by atoms with Gasteiger partial charge in [0.15, 0.2) is 0 Å². The molecule has 0 saturated carbocycles. The first-order chi connectivity index (χ1) is 16.5. The molecule has 15 heteroatoms. The van der Waals surface area contributed by atoms with Gasteiger partial charge in [-0.25, -0.2) is 9.59 Å². The Morgan fingerprint density at radius 2 is 1.86 bits per heavy atom. The summed E-state index contributed by atoms with van der Waals surface area (Å²) in [5, 5.41) is 17.1. The molecule has 0 fully saturated rings. The Kier molecular flexibility index (Phi) is 6.98. The van der Waals surface area contributed by atoms with Crippen molar-refractivity contribution in [2.75, 3.05) is 30.9 Å². The summed E-state index contributed by atoms with van der Waals surface area (Å²) < 4.78 is 3.58. The molecule has 3 heterocycles. The maximum Gasteiger partial charge on any atom is 0.390 e. The topological polar surface area (TPSA) is 184 Å². The van der Waals surface area contributed by atoms with Gasteiger partial charge in [0.1, 0.15) is 5.69 Å². The van der Waals surface area contributed by atoms with E-state index in [1.807, 2.05) is 0 Å². The van der Waals surface area contributed by atoms with Gasteiger partial charge in [-0.05, 0) is 17.1 Å². The van der Waals surface area contributed by atoms with E-state index in [0.717, 1.165) is 10.7 Å². The quantitative estimate of drug-likeness (QED) is 0.370. The Labute approximate surface area is 198 Å². The number of nitro groups is 1. The highest BCUT2D eigenvalue weighted by atomic mass is 16.6. The van der Waals surface area contributed by atoms with E-state index >= 15 is 0 Å². The van der Waals surface area contributed by atoms with Crippen molar-refractivity contribution < 1.29 is 24.1 Å². The van der Waals surface area contributed by atoms with E-state index in [1.165, 1.54) is 69.9 Å². The number of primary amides is 1. The number of anilines is 2. The van der Waals surface area contributed by atoms with Crippen molar-refractivity contribution in [1.82, 2.24) is 23.8 Å². The van der Waals surface area contributed by atoms with Crippen LogP contribution in [-0.2, 0) is 11.8 Å². The predicted octanol–water partition coefficient (Wildman–Crippen LogP) is 1.06. The van der Waals surface area contributed by atoms with Gasteiger partial charge in [0.05, 0.1) is 28.7 Å². The third kappa shape index (κ3) is 5.52. The Morgan fingerprint density at radius 3 is 2.49 bits per heavy atom. The molecule has 3 rings (SSSR count). The van der Waals surface area contributed by atoms with E-state index in [-0.39, 0.29) is 18.7 Å². The number of carbonyl (C=O) groups excluding carboxylic acids is 4. The molecule has 0 aromatic carbocycles. The fourth-order valence-corrected chi connectivity index (χ4v) is 3.09. The Bertz CT molecular complexity index is 1300. The molecule has 0 atom stereocenters. The maximum absolute atomic E-state index is 12.8. The van der Waals surface area contributed by atoms with E-state index in [0.29, 0.717) is 11.4 Å². The van der Waals surface area contributed by atoms with Crippen molar-refractivity contribution in [2.24, 2.45) is 12.8 Å². The zero-order valence-corrected chi connectivity index (χ0v) is 19.1. The van der Waals surface area contributed by atoms with Crippen LogP contribution in [0.3, 0.4) is 0 Å². The SMILES string of the molecule is CN(CCC(N)=O)C(=O)n1ccc(NC(=O)c2cc(N(C)C(=O)n3ccc([N+](=O)[O-])n3)cn2C)c1. The number of hydrogen-bond acceptors (Lipinski definition) is 7. The molecule has 0 aliphatic heterocycles. The van der Waals surface area contributed by atoms with Gasteiger partial charge in [0, 0.05) is 52.7 Å². The Morgan fingerprint density at radius 1 is 1.14 bits per heavy atom. The Hall–Kier alpha value is -4.95. The van der Waals surface area contributed by atoms with Crippen LogP contribution >= 0.6 is 0 Å². The molecule has 0 bridgehead atoms. The first-order valence-electron chi connectivity index (χ1n) is 10.2. The summed E-state index contributed by atoms with van der Waals surface area (Å²) in [4.78, 5) is 61.3. The molecule has 0 saturated heterocycles. The molecule has 0 spiro atoms. The normalized spacial score (nSPS) is 10.6. The molecule has 3 aromatic heterocycles. The minimum Gasteiger partial charge on any atom is -0.370 e. The monoisotopic (exact) mass is 485 g/mol. The average Bonchev–Trinajstić information content (AvgIpc) is 3.55. The number of carbonyl (C=O) groups is 4. The predicted molar refractivity (Wildman–Crippen MR) is 123 cm³/mol.